The van der Waals surface area contributed by atoms with Crippen molar-refractivity contribution in [3.05, 3.63) is 22.3 Å². The number of amides is 1. The summed E-state index contributed by atoms with van der Waals surface area (Å²) in [5.41, 5.74) is 6.95. The van der Waals surface area contributed by atoms with Crippen LogP contribution in [0.5, 0.6) is 0 Å². The third-order valence-corrected chi connectivity index (χ3v) is 9.86. The average molecular weight is 443 g/mol. The third kappa shape index (κ3) is 2.34. The van der Waals surface area contributed by atoms with Crippen LogP contribution in [0.2, 0.25) is 0 Å². The molecule has 5 saturated carbocycles. The zero-order valence-electron chi connectivity index (χ0n) is 16.8. The maximum absolute atomic E-state index is 13.2. The number of halogens is 2. The van der Waals surface area contributed by atoms with Gasteiger partial charge in [-0.25, -0.2) is 0 Å². The molecule has 5 fully saturated rings. The van der Waals surface area contributed by atoms with E-state index >= 15 is 0 Å². The van der Waals surface area contributed by atoms with E-state index in [9.17, 15) is 4.79 Å². The molecule has 1 N–H and O–H groups in total. The van der Waals surface area contributed by atoms with Crippen molar-refractivity contribution in [2.24, 2.45) is 34.0 Å². The quantitative estimate of drug-likeness (QED) is 0.537. The summed E-state index contributed by atoms with van der Waals surface area (Å²) in [6, 6.07) is 0. The van der Waals surface area contributed by atoms with Gasteiger partial charge in [0.05, 0.1) is 0 Å². The minimum Gasteiger partial charge on any atom is -1.00 e. The second-order valence-corrected chi connectivity index (χ2v) is 10.4. The topological polar surface area (TPSA) is 29.1 Å². The van der Waals surface area contributed by atoms with E-state index in [2.05, 4.69) is 31.5 Å². The van der Waals surface area contributed by atoms with Crippen molar-refractivity contribution in [3.63, 3.8) is 0 Å². The first-order valence-corrected chi connectivity index (χ1v) is 11.0. The summed E-state index contributed by atoms with van der Waals surface area (Å²) in [7, 11) is 0. The Morgan fingerprint density at radius 2 is 1.56 bits per heavy atom. The molecule has 5 heteroatoms. The number of hydrogen-bond donors (Lipinski definition) is 1. The zero-order valence-corrected chi connectivity index (χ0v) is 19.9. The third-order valence-electron chi connectivity index (χ3n) is 9.50. The molecule has 4 bridgehead atoms. The molecule has 0 aliphatic heterocycles. The fourth-order valence-electron chi connectivity index (χ4n) is 8.55. The summed E-state index contributed by atoms with van der Waals surface area (Å²) in [5, 5.41) is 0. The van der Waals surface area contributed by atoms with Crippen molar-refractivity contribution < 1.29 is 50.3 Å². The number of nitrogens with one attached hydrogen (secondary N) is 1. The largest absolute Gasteiger partial charge is 1.00 e. The van der Waals surface area contributed by atoms with Gasteiger partial charge in [0.2, 0.25) is 0 Å². The summed E-state index contributed by atoms with van der Waals surface area (Å²) in [6.45, 7) is 9.47. The number of carbonyl (C=O) groups is 1. The summed E-state index contributed by atoms with van der Waals surface area (Å²) < 4.78 is 3.10. The Morgan fingerprint density at radius 3 is 1.96 bits per heavy atom. The van der Waals surface area contributed by atoms with Crippen LogP contribution < -0.4 is 28.6 Å². The molecule has 6 aliphatic rings. The van der Waals surface area contributed by atoms with Crippen molar-refractivity contribution in [2.45, 2.75) is 72.6 Å². The molecule has 147 valence electrons. The average Bonchev–Trinajstić information content (AvgIpc) is 3.36. The monoisotopic (exact) mass is 442 g/mol. The maximum Gasteiger partial charge on any atom is -1.00 e. The Hall–Kier alpha value is 0.244. The first-order chi connectivity index (χ1) is 11.8. The molecule has 2 nitrogen and oxygen atoms in total. The molecule has 3 atom stereocenters. The molecule has 6 aliphatic carbocycles. The molecule has 0 aromatic carbocycles. The molecule has 0 aromatic rings. The van der Waals surface area contributed by atoms with E-state index < -0.39 is 0 Å². The van der Waals surface area contributed by atoms with Crippen LogP contribution in [0.1, 0.15) is 72.6 Å². The molecule has 3 unspecified atom stereocenters. The SMILES string of the molecule is CC1=C(C)C(C)C(C23CC4CC(CC(C(=O)[NH][Ti+2])(C4)C24CC4)C3)=C1C.[Cl-].[Cl-]. The molecule has 0 heterocycles. The number of carbonyl (C=O) groups excluding carboxylic acids is 1. The molecule has 0 radical (unpaired) electrons. The summed E-state index contributed by atoms with van der Waals surface area (Å²) in [5.74, 6) is 2.48. The fourth-order valence-corrected chi connectivity index (χ4v) is 8.92. The van der Waals surface area contributed by atoms with Gasteiger partial charge in [-0.15, -0.1) is 0 Å². The van der Waals surface area contributed by atoms with Gasteiger partial charge in [0.1, 0.15) is 0 Å². The van der Waals surface area contributed by atoms with Crippen LogP contribution >= 0.6 is 0 Å². The van der Waals surface area contributed by atoms with E-state index in [1.54, 1.807) is 16.7 Å². The van der Waals surface area contributed by atoms with Crippen LogP contribution in [0.25, 0.3) is 0 Å². The molecule has 6 rings (SSSR count). The number of hydrogen-bond acceptors (Lipinski definition) is 1. The van der Waals surface area contributed by atoms with Crippen LogP contribution in [0.3, 0.4) is 0 Å². The van der Waals surface area contributed by atoms with Gasteiger partial charge in [0.25, 0.3) is 0 Å². The van der Waals surface area contributed by atoms with Crippen LogP contribution in [0, 0.1) is 34.0 Å². The van der Waals surface area contributed by atoms with Crippen molar-refractivity contribution in [1.29, 1.82) is 0 Å². The first-order valence-electron chi connectivity index (χ1n) is 10.2. The standard InChI is InChI=1S/C22H31NO.2ClH.Ti/c1-12-13(2)15(4)18(14(12)3)20-8-16-7-17(9-20)11-21(10-16,19(23)24)22(20)5-6-22;;;/h14,16-17H,5-11H2,1-4H3,(H2,23,24);2*1H;/q;;;+3/p-3. The zero-order chi connectivity index (χ0) is 17.8. The Kier molecular flexibility index (Phi) is 5.38. The molecule has 0 aromatic heterocycles. The van der Waals surface area contributed by atoms with Crippen molar-refractivity contribution in [1.82, 2.24) is 3.80 Å². The Labute approximate surface area is 188 Å². The van der Waals surface area contributed by atoms with Gasteiger partial charge >= 0.3 is 164 Å². The van der Waals surface area contributed by atoms with Gasteiger partial charge < -0.3 is 24.8 Å². The van der Waals surface area contributed by atoms with Crippen LogP contribution in [-0.2, 0) is 25.5 Å². The van der Waals surface area contributed by atoms with Gasteiger partial charge in [0.15, 0.2) is 0 Å². The Bertz CT molecular complexity index is 737. The van der Waals surface area contributed by atoms with Gasteiger partial charge in [0, 0.05) is 0 Å². The predicted molar refractivity (Wildman–Crippen MR) is 95.0 cm³/mol. The molecule has 1 spiro atoms. The van der Waals surface area contributed by atoms with Crippen LogP contribution in [0.15, 0.2) is 22.3 Å². The second-order valence-electron chi connectivity index (χ2n) is 10.1. The van der Waals surface area contributed by atoms with Crippen molar-refractivity contribution in [2.75, 3.05) is 0 Å². The van der Waals surface area contributed by atoms with Gasteiger partial charge in [-0.05, 0) is 0 Å². The molecular formula is C22H30Cl2NOTi. The molecular weight excluding hydrogens is 413 g/mol. The summed E-state index contributed by atoms with van der Waals surface area (Å²) >= 11 is 1.86. The first kappa shape index (κ1) is 21.9. The van der Waals surface area contributed by atoms with E-state index in [1.807, 2.05) is 20.7 Å². The van der Waals surface area contributed by atoms with E-state index in [0.717, 1.165) is 24.7 Å². The van der Waals surface area contributed by atoms with E-state index in [-0.39, 0.29) is 35.6 Å². The van der Waals surface area contributed by atoms with Gasteiger partial charge in [-0.2, -0.15) is 0 Å². The number of allylic oxidation sites excluding steroid dienone is 4. The minimum absolute atomic E-state index is 0. The van der Waals surface area contributed by atoms with Gasteiger partial charge in [-0.3, -0.25) is 0 Å². The Morgan fingerprint density at radius 1 is 1.00 bits per heavy atom. The fraction of sp³-hybridized carbons (Fsp3) is 0.773. The smallest absolute Gasteiger partial charge is 1.00 e. The Balaban J connectivity index is 0.00000105. The summed E-state index contributed by atoms with van der Waals surface area (Å²) in [6.07, 6.45) is 8.99. The van der Waals surface area contributed by atoms with Gasteiger partial charge in [-0.1, -0.05) is 0 Å². The summed E-state index contributed by atoms with van der Waals surface area (Å²) in [4.78, 5) is 13.2. The van der Waals surface area contributed by atoms with Crippen LogP contribution in [-0.4, -0.2) is 5.91 Å². The molecule has 1 amide bonds. The number of rotatable bonds is 2. The normalized spacial score (nSPS) is 43.0. The predicted octanol–water partition coefficient (Wildman–Crippen LogP) is -1.15. The van der Waals surface area contributed by atoms with E-state index in [1.165, 1.54) is 37.7 Å². The molecule has 0 saturated heterocycles. The van der Waals surface area contributed by atoms with Crippen molar-refractivity contribution >= 4 is 5.91 Å². The van der Waals surface area contributed by atoms with Crippen LogP contribution in [0.4, 0.5) is 0 Å². The minimum atomic E-state index is -0.0662. The van der Waals surface area contributed by atoms with Crippen molar-refractivity contribution in [3.8, 4) is 0 Å². The second kappa shape index (κ2) is 6.63. The van der Waals surface area contributed by atoms with E-state index in [4.69, 9.17) is 0 Å². The van der Waals surface area contributed by atoms with E-state index in [0.29, 0.717) is 17.2 Å². The maximum atomic E-state index is 13.2. The molecule has 27 heavy (non-hydrogen) atoms.